The maximum absolute atomic E-state index is 12.2. The standard InChI is InChI=1S/C19H18BrN3O4/c1-3-26-19(24)17-18(27-16-10-6-14(20)7-11-16)23(22-21-17)12-13-4-8-15(25-2)9-5-13/h4-11H,3,12H2,1-2H3. The van der Waals surface area contributed by atoms with Gasteiger partial charge in [0.1, 0.15) is 11.5 Å². The third kappa shape index (κ3) is 4.65. The summed E-state index contributed by atoms with van der Waals surface area (Å²) in [7, 11) is 1.61. The molecule has 27 heavy (non-hydrogen) atoms. The third-order valence-corrected chi connectivity index (χ3v) is 4.21. The summed E-state index contributed by atoms with van der Waals surface area (Å²) >= 11 is 3.38. The van der Waals surface area contributed by atoms with Gasteiger partial charge in [-0.1, -0.05) is 33.3 Å². The third-order valence-electron chi connectivity index (χ3n) is 3.68. The molecule has 3 aromatic rings. The van der Waals surface area contributed by atoms with Crippen LogP contribution in [0.5, 0.6) is 17.4 Å². The summed E-state index contributed by atoms with van der Waals surface area (Å²) in [5.41, 5.74) is 0.991. The molecule has 0 spiro atoms. The van der Waals surface area contributed by atoms with E-state index in [1.54, 1.807) is 26.2 Å². The molecule has 1 aromatic heterocycles. The molecule has 0 aliphatic rings. The van der Waals surface area contributed by atoms with Gasteiger partial charge in [0.15, 0.2) is 0 Å². The number of aromatic nitrogens is 3. The minimum atomic E-state index is -0.578. The number of nitrogens with zero attached hydrogens (tertiary/aromatic N) is 3. The number of hydrogen-bond donors (Lipinski definition) is 0. The van der Waals surface area contributed by atoms with Crippen LogP contribution in [-0.2, 0) is 11.3 Å². The molecular formula is C19H18BrN3O4. The molecule has 7 nitrogen and oxygen atoms in total. The lowest BCUT2D eigenvalue weighted by atomic mass is 10.2. The average molecular weight is 432 g/mol. The second-order valence-electron chi connectivity index (χ2n) is 5.53. The van der Waals surface area contributed by atoms with E-state index in [2.05, 4.69) is 26.2 Å². The van der Waals surface area contributed by atoms with E-state index in [4.69, 9.17) is 14.2 Å². The number of ether oxygens (including phenoxy) is 3. The smallest absolute Gasteiger partial charge is 0.364 e. The molecule has 0 unspecified atom stereocenters. The van der Waals surface area contributed by atoms with Crippen LogP contribution in [0.2, 0.25) is 0 Å². The summed E-state index contributed by atoms with van der Waals surface area (Å²) < 4.78 is 18.6. The zero-order chi connectivity index (χ0) is 19.2. The van der Waals surface area contributed by atoms with Crippen molar-refractivity contribution in [3.63, 3.8) is 0 Å². The van der Waals surface area contributed by atoms with Gasteiger partial charge in [0.05, 0.1) is 20.3 Å². The molecule has 1 heterocycles. The predicted molar refractivity (Wildman–Crippen MR) is 102 cm³/mol. The second kappa shape index (κ2) is 8.68. The normalized spacial score (nSPS) is 10.5. The topological polar surface area (TPSA) is 75.5 Å². The monoisotopic (exact) mass is 431 g/mol. The van der Waals surface area contributed by atoms with Crippen molar-refractivity contribution in [1.29, 1.82) is 0 Å². The fraction of sp³-hybridized carbons (Fsp3) is 0.211. The predicted octanol–water partition coefficient (Wildman–Crippen LogP) is 4.07. The van der Waals surface area contributed by atoms with Crippen molar-refractivity contribution in [1.82, 2.24) is 15.0 Å². The summed E-state index contributed by atoms with van der Waals surface area (Å²) in [6, 6.07) is 14.8. The zero-order valence-electron chi connectivity index (χ0n) is 14.9. The van der Waals surface area contributed by atoms with E-state index in [-0.39, 0.29) is 18.2 Å². The number of rotatable bonds is 7. The zero-order valence-corrected chi connectivity index (χ0v) is 16.5. The van der Waals surface area contributed by atoms with Crippen LogP contribution in [0.15, 0.2) is 53.0 Å². The molecule has 140 valence electrons. The highest BCUT2D eigenvalue weighted by atomic mass is 79.9. The number of carbonyl (C=O) groups is 1. The number of carbonyl (C=O) groups excluding carboxylic acids is 1. The lowest BCUT2D eigenvalue weighted by molar-refractivity contribution is 0.0516. The Morgan fingerprint density at radius 3 is 2.37 bits per heavy atom. The fourth-order valence-corrected chi connectivity index (χ4v) is 2.62. The maximum atomic E-state index is 12.2. The molecule has 0 radical (unpaired) electrons. The molecule has 0 amide bonds. The Morgan fingerprint density at radius 1 is 1.07 bits per heavy atom. The Labute approximate surface area is 165 Å². The summed E-state index contributed by atoms with van der Waals surface area (Å²) in [4.78, 5) is 12.2. The fourth-order valence-electron chi connectivity index (χ4n) is 2.35. The van der Waals surface area contributed by atoms with Crippen LogP contribution in [0.4, 0.5) is 0 Å². The quantitative estimate of drug-likeness (QED) is 0.524. The van der Waals surface area contributed by atoms with Crippen molar-refractivity contribution in [3.05, 3.63) is 64.3 Å². The summed E-state index contributed by atoms with van der Waals surface area (Å²) in [6.07, 6.45) is 0. The lowest BCUT2D eigenvalue weighted by Gasteiger charge is -2.10. The Bertz CT molecular complexity index is 908. The van der Waals surface area contributed by atoms with Crippen molar-refractivity contribution in [2.24, 2.45) is 0 Å². The lowest BCUT2D eigenvalue weighted by Crippen LogP contribution is -2.09. The largest absolute Gasteiger partial charge is 0.497 e. The molecule has 0 aliphatic carbocycles. The van der Waals surface area contributed by atoms with E-state index in [0.29, 0.717) is 12.3 Å². The highest BCUT2D eigenvalue weighted by Crippen LogP contribution is 2.27. The van der Waals surface area contributed by atoms with Crippen LogP contribution in [0.3, 0.4) is 0 Å². The van der Waals surface area contributed by atoms with Gasteiger partial charge in [0.25, 0.3) is 5.88 Å². The molecular weight excluding hydrogens is 414 g/mol. The maximum Gasteiger partial charge on any atom is 0.364 e. The Morgan fingerprint density at radius 2 is 1.74 bits per heavy atom. The molecule has 0 aliphatic heterocycles. The molecule has 0 fully saturated rings. The highest BCUT2D eigenvalue weighted by molar-refractivity contribution is 9.10. The molecule has 3 rings (SSSR count). The van der Waals surface area contributed by atoms with Crippen molar-refractivity contribution in [2.45, 2.75) is 13.5 Å². The molecule has 0 atom stereocenters. The van der Waals surface area contributed by atoms with Crippen molar-refractivity contribution < 1.29 is 19.0 Å². The van der Waals surface area contributed by atoms with E-state index in [0.717, 1.165) is 15.8 Å². The van der Waals surface area contributed by atoms with E-state index < -0.39 is 5.97 Å². The Balaban J connectivity index is 1.91. The van der Waals surface area contributed by atoms with Crippen molar-refractivity contribution in [2.75, 3.05) is 13.7 Å². The number of benzene rings is 2. The van der Waals surface area contributed by atoms with Crippen molar-refractivity contribution in [3.8, 4) is 17.4 Å². The van der Waals surface area contributed by atoms with Crippen LogP contribution in [0.1, 0.15) is 23.0 Å². The van der Waals surface area contributed by atoms with Gasteiger partial charge in [-0.3, -0.25) is 0 Å². The molecule has 0 saturated heterocycles. The minimum absolute atomic E-state index is 0.0354. The van der Waals surface area contributed by atoms with Gasteiger partial charge in [-0.05, 0) is 48.9 Å². The van der Waals surface area contributed by atoms with Crippen molar-refractivity contribution >= 4 is 21.9 Å². The first-order valence-electron chi connectivity index (χ1n) is 8.27. The highest BCUT2D eigenvalue weighted by Gasteiger charge is 2.23. The van der Waals surface area contributed by atoms with Gasteiger partial charge in [-0.2, -0.15) is 0 Å². The number of hydrogen-bond acceptors (Lipinski definition) is 6. The number of methoxy groups -OCH3 is 1. The van der Waals surface area contributed by atoms with Gasteiger partial charge in [-0.25, -0.2) is 9.48 Å². The summed E-state index contributed by atoms with van der Waals surface area (Å²) in [6.45, 7) is 2.35. The van der Waals surface area contributed by atoms with Crippen LogP contribution in [0, 0.1) is 0 Å². The van der Waals surface area contributed by atoms with Crippen LogP contribution in [0.25, 0.3) is 0 Å². The van der Waals surface area contributed by atoms with Gasteiger partial charge < -0.3 is 14.2 Å². The first-order valence-corrected chi connectivity index (χ1v) is 9.07. The van der Waals surface area contributed by atoms with E-state index in [1.807, 2.05) is 36.4 Å². The Hall–Kier alpha value is -2.87. The minimum Gasteiger partial charge on any atom is -0.497 e. The average Bonchev–Trinajstić information content (AvgIpc) is 3.07. The van der Waals surface area contributed by atoms with E-state index >= 15 is 0 Å². The number of halogens is 1. The molecule has 0 N–H and O–H groups in total. The number of esters is 1. The van der Waals surface area contributed by atoms with Gasteiger partial charge in [0.2, 0.25) is 5.69 Å². The van der Waals surface area contributed by atoms with Crippen LogP contribution >= 0.6 is 15.9 Å². The molecule has 2 aromatic carbocycles. The SMILES string of the molecule is CCOC(=O)c1nnn(Cc2ccc(OC)cc2)c1Oc1ccc(Br)cc1. The van der Waals surface area contributed by atoms with E-state index in [1.165, 1.54) is 4.68 Å². The van der Waals surface area contributed by atoms with Gasteiger partial charge >= 0.3 is 5.97 Å². The first kappa shape index (κ1) is 18.9. The van der Waals surface area contributed by atoms with Gasteiger partial charge in [0, 0.05) is 4.47 Å². The molecule has 0 bridgehead atoms. The second-order valence-corrected chi connectivity index (χ2v) is 6.44. The summed E-state index contributed by atoms with van der Waals surface area (Å²) in [5.74, 6) is 0.968. The van der Waals surface area contributed by atoms with E-state index in [9.17, 15) is 4.79 Å². The molecule has 0 saturated carbocycles. The van der Waals surface area contributed by atoms with Crippen LogP contribution in [-0.4, -0.2) is 34.7 Å². The molecule has 8 heteroatoms. The Kier molecular flexibility index (Phi) is 6.08. The van der Waals surface area contributed by atoms with Gasteiger partial charge in [-0.15, -0.1) is 5.10 Å². The first-order chi connectivity index (χ1) is 13.1. The van der Waals surface area contributed by atoms with Crippen LogP contribution < -0.4 is 9.47 Å². The summed E-state index contributed by atoms with van der Waals surface area (Å²) in [5, 5.41) is 8.03.